The lowest BCUT2D eigenvalue weighted by Crippen LogP contribution is -2.30. The Morgan fingerprint density at radius 2 is 1.71 bits per heavy atom. The third-order valence-corrected chi connectivity index (χ3v) is 4.85. The van der Waals surface area contributed by atoms with Crippen LogP contribution in [0, 0.1) is 11.8 Å². The number of halogens is 3. The molecule has 1 saturated heterocycles. The van der Waals surface area contributed by atoms with Crippen LogP contribution in [-0.2, 0) is 9.59 Å². The largest absolute Gasteiger partial charge is 0.490 e. The van der Waals surface area contributed by atoms with Gasteiger partial charge in [-0.2, -0.15) is 13.2 Å². The van der Waals surface area contributed by atoms with Crippen LogP contribution in [0.4, 0.5) is 19.0 Å². The Balaban J connectivity index is 0.000000423. The summed E-state index contributed by atoms with van der Waals surface area (Å²) in [5.74, 6) is -3.58. The molecule has 0 spiro atoms. The fourth-order valence-corrected chi connectivity index (χ4v) is 3.19. The van der Waals surface area contributed by atoms with Crippen molar-refractivity contribution in [3.63, 3.8) is 0 Å². The fourth-order valence-electron chi connectivity index (χ4n) is 3.19. The van der Waals surface area contributed by atoms with Crippen molar-refractivity contribution < 1.29 is 37.8 Å². The Hall–Kier alpha value is -3.37. The molecule has 1 aliphatic heterocycles. The zero-order chi connectivity index (χ0) is 23.5. The van der Waals surface area contributed by atoms with E-state index in [9.17, 15) is 27.9 Å². The number of benzene rings is 1. The molecule has 1 amide bonds. The molecule has 1 aromatic heterocycles. The Morgan fingerprint density at radius 3 is 2.19 bits per heavy atom. The number of anilines is 1. The second-order valence-electron chi connectivity index (χ2n) is 7.37. The number of likely N-dealkylation sites (tertiary alicyclic amines) is 1. The molecule has 2 aromatic rings. The highest BCUT2D eigenvalue weighted by Crippen LogP contribution is 2.28. The van der Waals surface area contributed by atoms with Gasteiger partial charge < -0.3 is 20.0 Å². The van der Waals surface area contributed by atoms with E-state index in [1.165, 1.54) is 0 Å². The Morgan fingerprint density at radius 1 is 1.13 bits per heavy atom. The molecule has 0 saturated carbocycles. The molecule has 1 fully saturated rings. The normalized spacial score (nSPS) is 18.3. The highest BCUT2D eigenvalue weighted by molar-refractivity contribution is 6.07. The van der Waals surface area contributed by atoms with Crippen molar-refractivity contribution >= 4 is 34.6 Å². The molecule has 11 heteroatoms. The van der Waals surface area contributed by atoms with E-state index in [4.69, 9.17) is 9.90 Å². The SMILES string of the molecule is C[C@@H]1CN(C(=O)c2cc(N(C)C)nc3ccccc23)C[C@H]1C(=O)O.O=C(O)C(F)(F)F. The lowest BCUT2D eigenvalue weighted by Gasteiger charge is -2.19. The lowest BCUT2D eigenvalue weighted by molar-refractivity contribution is -0.192. The summed E-state index contributed by atoms with van der Waals surface area (Å²) >= 11 is 0. The number of carboxylic acid groups (broad SMARTS) is 2. The minimum Gasteiger partial charge on any atom is -0.481 e. The quantitative estimate of drug-likeness (QED) is 0.753. The topological polar surface area (TPSA) is 111 Å². The van der Waals surface area contributed by atoms with Gasteiger partial charge in [-0.3, -0.25) is 9.59 Å². The minimum absolute atomic E-state index is 0.0483. The Bertz CT molecular complexity index is 994. The number of alkyl halides is 3. The second-order valence-corrected chi connectivity index (χ2v) is 7.37. The van der Waals surface area contributed by atoms with Crippen molar-refractivity contribution in [2.45, 2.75) is 13.1 Å². The van der Waals surface area contributed by atoms with Crippen molar-refractivity contribution in [1.82, 2.24) is 9.88 Å². The molecule has 2 heterocycles. The maximum atomic E-state index is 13.0. The third kappa shape index (κ3) is 5.62. The molecular formula is C20H22F3N3O5. The maximum Gasteiger partial charge on any atom is 0.490 e. The van der Waals surface area contributed by atoms with Gasteiger partial charge in [-0.1, -0.05) is 25.1 Å². The van der Waals surface area contributed by atoms with E-state index in [2.05, 4.69) is 4.98 Å². The number of hydrogen-bond donors (Lipinski definition) is 2. The van der Waals surface area contributed by atoms with Gasteiger partial charge in [0.05, 0.1) is 17.0 Å². The number of amides is 1. The number of nitrogens with zero attached hydrogens (tertiary/aromatic N) is 3. The molecule has 168 valence electrons. The van der Waals surface area contributed by atoms with Crippen LogP contribution in [0.2, 0.25) is 0 Å². The van der Waals surface area contributed by atoms with Gasteiger partial charge in [0.25, 0.3) is 5.91 Å². The molecule has 1 aromatic carbocycles. The van der Waals surface area contributed by atoms with Gasteiger partial charge in [0, 0.05) is 32.6 Å². The first kappa shape index (κ1) is 23.9. The first-order valence-corrected chi connectivity index (χ1v) is 9.22. The number of carbonyl (C=O) groups excluding carboxylic acids is 1. The van der Waals surface area contributed by atoms with E-state index < -0.39 is 24.0 Å². The van der Waals surface area contributed by atoms with Gasteiger partial charge in [-0.05, 0) is 18.1 Å². The molecule has 3 rings (SSSR count). The van der Waals surface area contributed by atoms with Crippen LogP contribution in [0.25, 0.3) is 10.9 Å². The van der Waals surface area contributed by atoms with Crippen LogP contribution in [0.15, 0.2) is 30.3 Å². The first-order chi connectivity index (χ1) is 14.3. The summed E-state index contributed by atoms with van der Waals surface area (Å²) in [4.78, 5) is 41.3. The Labute approximate surface area is 175 Å². The highest BCUT2D eigenvalue weighted by Gasteiger charge is 2.38. The van der Waals surface area contributed by atoms with Gasteiger partial charge in [0.15, 0.2) is 0 Å². The zero-order valence-electron chi connectivity index (χ0n) is 17.1. The number of hydrogen-bond acceptors (Lipinski definition) is 5. The molecule has 0 bridgehead atoms. The fraction of sp³-hybridized carbons (Fsp3) is 0.400. The molecule has 31 heavy (non-hydrogen) atoms. The number of pyridine rings is 1. The van der Waals surface area contributed by atoms with E-state index >= 15 is 0 Å². The van der Waals surface area contributed by atoms with Crippen LogP contribution in [-0.4, -0.2) is 71.3 Å². The summed E-state index contributed by atoms with van der Waals surface area (Å²) < 4.78 is 31.7. The average molecular weight is 441 g/mol. The number of para-hydroxylation sites is 1. The molecule has 8 nitrogen and oxygen atoms in total. The summed E-state index contributed by atoms with van der Waals surface area (Å²) in [7, 11) is 3.76. The number of fused-ring (bicyclic) bond motifs is 1. The summed E-state index contributed by atoms with van der Waals surface area (Å²) in [6.07, 6.45) is -5.08. The molecule has 2 N–H and O–H groups in total. The van der Waals surface area contributed by atoms with E-state index in [1.807, 2.05) is 50.2 Å². The molecular weight excluding hydrogens is 419 g/mol. The molecule has 0 unspecified atom stereocenters. The van der Waals surface area contributed by atoms with Crippen LogP contribution in [0.3, 0.4) is 0 Å². The number of aliphatic carboxylic acids is 2. The van der Waals surface area contributed by atoms with Gasteiger partial charge in [-0.15, -0.1) is 0 Å². The highest BCUT2D eigenvalue weighted by atomic mass is 19.4. The lowest BCUT2D eigenvalue weighted by atomic mass is 9.99. The van der Waals surface area contributed by atoms with Crippen molar-refractivity contribution in [1.29, 1.82) is 0 Å². The molecule has 0 aliphatic carbocycles. The number of carboxylic acids is 2. The molecule has 1 aliphatic rings. The number of carbonyl (C=O) groups is 3. The van der Waals surface area contributed by atoms with Crippen molar-refractivity contribution in [2.24, 2.45) is 11.8 Å². The third-order valence-electron chi connectivity index (χ3n) is 4.85. The van der Waals surface area contributed by atoms with Crippen molar-refractivity contribution in [2.75, 3.05) is 32.1 Å². The van der Waals surface area contributed by atoms with Gasteiger partial charge in [0.2, 0.25) is 0 Å². The Kier molecular flexibility index (Phi) is 7.09. The van der Waals surface area contributed by atoms with Gasteiger partial charge in [0.1, 0.15) is 5.82 Å². The standard InChI is InChI=1S/C18H21N3O3.C2HF3O2/c1-11-9-21(10-14(11)18(23)24)17(22)13-8-16(20(2)3)19-15-7-5-4-6-12(13)15;3-2(4,5)1(6)7/h4-8,11,14H,9-10H2,1-3H3,(H,23,24);(H,6,7)/t11-,14-;/m1./s1. The monoisotopic (exact) mass is 441 g/mol. The van der Waals surface area contributed by atoms with Crippen LogP contribution < -0.4 is 4.90 Å². The van der Waals surface area contributed by atoms with Crippen LogP contribution >= 0.6 is 0 Å². The molecule has 0 radical (unpaired) electrons. The van der Waals surface area contributed by atoms with E-state index in [0.29, 0.717) is 17.9 Å². The predicted octanol–water partition coefficient (Wildman–Crippen LogP) is 2.73. The van der Waals surface area contributed by atoms with Crippen molar-refractivity contribution in [3.05, 3.63) is 35.9 Å². The number of aromatic nitrogens is 1. The smallest absolute Gasteiger partial charge is 0.481 e. The first-order valence-electron chi connectivity index (χ1n) is 9.22. The zero-order valence-corrected chi connectivity index (χ0v) is 17.1. The minimum atomic E-state index is -5.08. The van der Waals surface area contributed by atoms with Crippen LogP contribution in [0.5, 0.6) is 0 Å². The van der Waals surface area contributed by atoms with E-state index in [0.717, 1.165) is 10.9 Å². The summed E-state index contributed by atoms with van der Waals surface area (Å²) in [6.45, 7) is 2.59. The predicted molar refractivity (Wildman–Crippen MR) is 106 cm³/mol. The molecule has 2 atom stereocenters. The second kappa shape index (κ2) is 9.19. The summed E-state index contributed by atoms with van der Waals surface area (Å²) in [6, 6.07) is 9.31. The van der Waals surface area contributed by atoms with E-state index in [-0.39, 0.29) is 18.4 Å². The maximum absolute atomic E-state index is 13.0. The number of rotatable bonds is 3. The average Bonchev–Trinajstić information content (AvgIpc) is 3.08. The van der Waals surface area contributed by atoms with E-state index in [1.54, 1.807) is 11.0 Å². The van der Waals surface area contributed by atoms with Crippen molar-refractivity contribution in [3.8, 4) is 0 Å². The summed E-state index contributed by atoms with van der Waals surface area (Å²) in [5, 5.41) is 17.2. The van der Waals surface area contributed by atoms with Gasteiger partial charge in [-0.25, -0.2) is 9.78 Å². The van der Waals surface area contributed by atoms with Crippen LogP contribution in [0.1, 0.15) is 17.3 Å². The summed E-state index contributed by atoms with van der Waals surface area (Å²) in [5.41, 5.74) is 1.33. The van der Waals surface area contributed by atoms with Gasteiger partial charge >= 0.3 is 18.1 Å².